The van der Waals surface area contributed by atoms with Crippen molar-refractivity contribution in [1.82, 2.24) is 0 Å². The third kappa shape index (κ3) is 2.34. The molecule has 2 aliphatic rings. The summed E-state index contributed by atoms with van der Waals surface area (Å²) >= 11 is 0. The van der Waals surface area contributed by atoms with Crippen LogP contribution in [-0.2, 0) is 4.74 Å². The summed E-state index contributed by atoms with van der Waals surface area (Å²) in [6, 6.07) is 8.15. The van der Waals surface area contributed by atoms with Gasteiger partial charge >= 0.3 is 0 Å². The second-order valence-corrected chi connectivity index (χ2v) is 5.71. The molecule has 0 aromatic heterocycles. The van der Waals surface area contributed by atoms with E-state index in [0.29, 0.717) is 11.6 Å². The fraction of sp³-hybridized carbons (Fsp3) is 0.562. The number of nitriles is 1. The number of methoxy groups -OCH3 is 1. The molecule has 0 bridgehead atoms. The van der Waals surface area contributed by atoms with Gasteiger partial charge in [0.25, 0.3) is 0 Å². The molecule has 1 unspecified atom stereocenters. The van der Waals surface area contributed by atoms with Gasteiger partial charge in [0.15, 0.2) is 0 Å². The Bertz CT molecular complexity index is 532. The van der Waals surface area contributed by atoms with E-state index in [1.54, 1.807) is 7.11 Å². The highest BCUT2D eigenvalue weighted by molar-refractivity contribution is 5.66. The van der Waals surface area contributed by atoms with E-state index >= 15 is 0 Å². The minimum Gasteiger partial charge on any atom is -0.495 e. The first-order valence-corrected chi connectivity index (χ1v) is 7.24. The number of para-hydroxylation sites is 1. The minimum atomic E-state index is 0.102. The molecular formula is C16H20N2O2. The number of ether oxygens (including phenoxy) is 2. The van der Waals surface area contributed by atoms with Gasteiger partial charge in [0.2, 0.25) is 0 Å². The van der Waals surface area contributed by atoms with Crippen molar-refractivity contribution < 1.29 is 9.47 Å². The Morgan fingerprint density at radius 2 is 2.30 bits per heavy atom. The first-order chi connectivity index (χ1) is 9.76. The molecule has 0 radical (unpaired) electrons. The molecule has 1 spiro atoms. The van der Waals surface area contributed by atoms with E-state index in [2.05, 4.69) is 11.4 Å². The quantitative estimate of drug-likeness (QED) is 0.918. The number of nitrogens with zero attached hydrogens (tertiary/aromatic N) is 1. The van der Waals surface area contributed by atoms with Gasteiger partial charge in [0, 0.05) is 12.6 Å². The Kier molecular flexibility index (Phi) is 3.54. The number of anilines is 1. The topological polar surface area (TPSA) is 54.3 Å². The zero-order chi connectivity index (χ0) is 14.0. The van der Waals surface area contributed by atoms with Gasteiger partial charge in [0.1, 0.15) is 11.8 Å². The standard InChI is InChI=1S/C16H20N2O2/c1-19-14-5-2-4-12(11-17)15(14)18-13-6-9-20-16(10-13)7-3-8-16/h2,4-5,13,18H,3,6-10H2,1H3. The highest BCUT2D eigenvalue weighted by Crippen LogP contribution is 2.43. The molecular weight excluding hydrogens is 252 g/mol. The fourth-order valence-electron chi connectivity index (χ4n) is 3.22. The molecule has 1 heterocycles. The molecule has 20 heavy (non-hydrogen) atoms. The Balaban J connectivity index is 1.79. The molecule has 3 rings (SSSR count). The zero-order valence-corrected chi connectivity index (χ0v) is 11.8. The molecule has 4 nitrogen and oxygen atoms in total. The van der Waals surface area contributed by atoms with Crippen LogP contribution in [0.1, 0.15) is 37.7 Å². The van der Waals surface area contributed by atoms with E-state index in [4.69, 9.17) is 9.47 Å². The average Bonchev–Trinajstić information content (AvgIpc) is 2.46. The zero-order valence-electron chi connectivity index (χ0n) is 11.8. The predicted molar refractivity (Wildman–Crippen MR) is 76.9 cm³/mol. The van der Waals surface area contributed by atoms with Crippen LogP contribution in [0.2, 0.25) is 0 Å². The first-order valence-electron chi connectivity index (χ1n) is 7.24. The monoisotopic (exact) mass is 272 g/mol. The second kappa shape index (κ2) is 5.34. The van der Waals surface area contributed by atoms with Gasteiger partial charge in [-0.3, -0.25) is 0 Å². The van der Waals surface area contributed by atoms with Crippen molar-refractivity contribution in [3.8, 4) is 11.8 Å². The maximum absolute atomic E-state index is 9.26. The van der Waals surface area contributed by atoms with Crippen LogP contribution in [-0.4, -0.2) is 25.4 Å². The van der Waals surface area contributed by atoms with Gasteiger partial charge in [-0.1, -0.05) is 6.07 Å². The SMILES string of the molecule is COc1cccc(C#N)c1NC1CCOC2(CCC2)C1. The summed E-state index contributed by atoms with van der Waals surface area (Å²) in [5, 5.41) is 12.8. The average molecular weight is 272 g/mol. The van der Waals surface area contributed by atoms with E-state index in [9.17, 15) is 5.26 Å². The van der Waals surface area contributed by atoms with Crippen LogP contribution in [0.3, 0.4) is 0 Å². The molecule has 4 heteroatoms. The fourth-order valence-corrected chi connectivity index (χ4v) is 3.22. The lowest BCUT2D eigenvalue weighted by atomic mass is 9.74. The van der Waals surface area contributed by atoms with E-state index in [1.165, 1.54) is 19.3 Å². The number of hydrogen-bond acceptors (Lipinski definition) is 4. The van der Waals surface area contributed by atoms with Gasteiger partial charge in [-0.15, -0.1) is 0 Å². The molecule has 1 saturated carbocycles. The largest absolute Gasteiger partial charge is 0.495 e. The van der Waals surface area contributed by atoms with Crippen molar-refractivity contribution in [2.45, 2.75) is 43.7 Å². The molecule has 1 aromatic carbocycles. The van der Waals surface area contributed by atoms with E-state index in [0.717, 1.165) is 30.9 Å². The lowest BCUT2D eigenvalue weighted by Gasteiger charge is -2.47. The number of benzene rings is 1. The maximum Gasteiger partial charge on any atom is 0.143 e. The Hall–Kier alpha value is -1.73. The van der Waals surface area contributed by atoms with E-state index < -0.39 is 0 Å². The van der Waals surface area contributed by atoms with Crippen LogP contribution in [0.4, 0.5) is 5.69 Å². The Morgan fingerprint density at radius 1 is 1.45 bits per heavy atom. The van der Waals surface area contributed by atoms with E-state index in [-0.39, 0.29) is 5.60 Å². The summed E-state index contributed by atoms with van der Waals surface area (Å²) in [7, 11) is 1.64. The number of nitrogens with one attached hydrogen (secondary N) is 1. The normalized spacial score (nSPS) is 23.7. The van der Waals surface area contributed by atoms with Crippen LogP contribution in [0, 0.1) is 11.3 Å². The highest BCUT2D eigenvalue weighted by Gasteiger charge is 2.42. The lowest BCUT2D eigenvalue weighted by Crippen LogP contribution is -2.49. The van der Waals surface area contributed by atoms with E-state index in [1.807, 2.05) is 18.2 Å². The summed E-state index contributed by atoms with van der Waals surface area (Å²) < 4.78 is 11.3. The Morgan fingerprint density at radius 3 is 2.95 bits per heavy atom. The first kappa shape index (κ1) is 13.3. The van der Waals surface area contributed by atoms with Crippen LogP contribution < -0.4 is 10.1 Å². The van der Waals surface area contributed by atoms with Crippen molar-refractivity contribution in [3.05, 3.63) is 23.8 Å². The lowest BCUT2D eigenvalue weighted by molar-refractivity contribution is -0.130. The Labute approximate surface area is 119 Å². The van der Waals surface area contributed by atoms with Gasteiger partial charge < -0.3 is 14.8 Å². The minimum absolute atomic E-state index is 0.102. The summed E-state index contributed by atoms with van der Waals surface area (Å²) in [6.07, 6.45) is 5.61. The van der Waals surface area contributed by atoms with Crippen molar-refractivity contribution >= 4 is 5.69 Å². The predicted octanol–water partition coefficient (Wildman–Crippen LogP) is 3.08. The van der Waals surface area contributed by atoms with Gasteiger partial charge in [0.05, 0.1) is 24.0 Å². The van der Waals surface area contributed by atoms with Gasteiger partial charge in [-0.2, -0.15) is 5.26 Å². The highest BCUT2D eigenvalue weighted by atomic mass is 16.5. The molecule has 1 N–H and O–H groups in total. The summed E-state index contributed by atoms with van der Waals surface area (Å²) in [5.74, 6) is 0.734. The van der Waals surface area contributed by atoms with Crippen LogP contribution >= 0.6 is 0 Å². The van der Waals surface area contributed by atoms with Gasteiger partial charge in [-0.05, 0) is 44.2 Å². The van der Waals surface area contributed by atoms with Crippen LogP contribution in [0.25, 0.3) is 0 Å². The molecule has 1 aliphatic carbocycles. The third-order valence-electron chi connectivity index (χ3n) is 4.47. The molecule has 106 valence electrons. The number of rotatable bonds is 3. The molecule has 0 amide bonds. The smallest absolute Gasteiger partial charge is 0.143 e. The summed E-state index contributed by atoms with van der Waals surface area (Å²) in [5.41, 5.74) is 1.56. The molecule has 1 aliphatic heterocycles. The van der Waals surface area contributed by atoms with Crippen LogP contribution in [0.15, 0.2) is 18.2 Å². The maximum atomic E-state index is 9.26. The summed E-state index contributed by atoms with van der Waals surface area (Å²) in [6.45, 7) is 0.800. The molecule has 1 saturated heterocycles. The second-order valence-electron chi connectivity index (χ2n) is 5.71. The molecule has 1 aromatic rings. The summed E-state index contributed by atoms with van der Waals surface area (Å²) in [4.78, 5) is 0. The molecule has 2 fully saturated rings. The van der Waals surface area contributed by atoms with Crippen molar-refractivity contribution in [3.63, 3.8) is 0 Å². The third-order valence-corrected chi connectivity index (χ3v) is 4.47. The van der Waals surface area contributed by atoms with Gasteiger partial charge in [-0.25, -0.2) is 0 Å². The van der Waals surface area contributed by atoms with Crippen molar-refractivity contribution in [1.29, 1.82) is 5.26 Å². The number of hydrogen-bond donors (Lipinski definition) is 1. The molecule has 1 atom stereocenters. The van der Waals surface area contributed by atoms with Crippen LogP contribution in [0.5, 0.6) is 5.75 Å². The van der Waals surface area contributed by atoms with Crippen molar-refractivity contribution in [2.75, 3.05) is 19.0 Å². The van der Waals surface area contributed by atoms with Crippen molar-refractivity contribution in [2.24, 2.45) is 0 Å².